The van der Waals surface area contributed by atoms with Gasteiger partial charge < -0.3 is 0 Å². The van der Waals surface area contributed by atoms with Gasteiger partial charge in [0, 0.05) is 0 Å². The van der Waals surface area contributed by atoms with Crippen LogP contribution >= 0.6 is 21.6 Å². The van der Waals surface area contributed by atoms with Gasteiger partial charge in [-0.25, -0.2) is 0 Å². The van der Waals surface area contributed by atoms with Crippen LogP contribution in [0, 0.1) is 11.8 Å². The molecule has 0 aliphatic carbocycles. The van der Waals surface area contributed by atoms with Crippen molar-refractivity contribution in [3.63, 3.8) is 0 Å². The summed E-state index contributed by atoms with van der Waals surface area (Å²) in [6.45, 7) is 12.0. The Labute approximate surface area is 253 Å². The van der Waals surface area contributed by atoms with Crippen molar-refractivity contribution in [1.29, 1.82) is 0 Å². The number of morpholine rings is 1. The van der Waals surface area contributed by atoms with E-state index in [0.717, 1.165) is 32.4 Å². The summed E-state index contributed by atoms with van der Waals surface area (Å²) in [5.74, 6) is 0.134. The molecule has 12 heteroatoms. The molecular formula is C28H59IN4O7. The third-order valence-corrected chi connectivity index (χ3v) is 10.5. The van der Waals surface area contributed by atoms with Gasteiger partial charge in [0.2, 0.25) is 0 Å². The monoisotopic (exact) mass is 690 g/mol. The van der Waals surface area contributed by atoms with E-state index >= 15 is 0 Å². The van der Waals surface area contributed by atoms with E-state index < -0.39 is 46.5 Å². The van der Waals surface area contributed by atoms with E-state index in [1.807, 2.05) is 37.9 Å². The van der Waals surface area contributed by atoms with Crippen molar-refractivity contribution in [2.45, 2.75) is 100 Å². The van der Waals surface area contributed by atoms with Crippen molar-refractivity contribution in [3.05, 3.63) is 0 Å². The third kappa shape index (κ3) is 10.8. The zero-order chi connectivity index (χ0) is 30.0. The molecule has 0 amide bonds. The van der Waals surface area contributed by atoms with Gasteiger partial charge in [0.25, 0.3) is 0 Å². The second-order valence-corrected chi connectivity index (χ2v) is 15.5. The van der Waals surface area contributed by atoms with Gasteiger partial charge in [0.1, 0.15) is 0 Å². The summed E-state index contributed by atoms with van der Waals surface area (Å²) >= 11 is -0.795. The number of aliphatic hydroxyl groups excluding tert-OH is 2. The van der Waals surface area contributed by atoms with Gasteiger partial charge in [-0.2, -0.15) is 0 Å². The fourth-order valence-electron chi connectivity index (χ4n) is 5.79. The Morgan fingerprint density at radius 1 is 1.10 bits per heavy atom. The number of hydrogen-bond acceptors (Lipinski definition) is 11. The van der Waals surface area contributed by atoms with Crippen LogP contribution in [0.5, 0.6) is 0 Å². The molecule has 40 heavy (non-hydrogen) atoms. The van der Waals surface area contributed by atoms with Crippen LogP contribution < -0.4 is 5.73 Å². The first-order valence-corrected chi connectivity index (χ1v) is 17.1. The van der Waals surface area contributed by atoms with Crippen molar-refractivity contribution in [1.82, 2.24) is 14.7 Å². The average Bonchev–Trinajstić information content (AvgIpc) is 2.91. The molecule has 0 aromatic heterocycles. The van der Waals surface area contributed by atoms with Crippen molar-refractivity contribution in [2.75, 3.05) is 68.1 Å². The van der Waals surface area contributed by atoms with Crippen LogP contribution in [0.15, 0.2) is 0 Å². The Morgan fingerprint density at radius 3 is 2.40 bits per heavy atom. The van der Waals surface area contributed by atoms with Gasteiger partial charge in [-0.3, -0.25) is 0 Å². The predicted octanol–water partition coefficient (Wildman–Crippen LogP) is 1.39. The summed E-state index contributed by atoms with van der Waals surface area (Å²) in [7, 11) is 9.72. The van der Waals surface area contributed by atoms with Crippen LogP contribution in [-0.2, 0) is 22.0 Å². The van der Waals surface area contributed by atoms with Gasteiger partial charge in [0.05, 0.1) is 0 Å². The molecule has 0 radical (unpaired) electrons. The van der Waals surface area contributed by atoms with Crippen molar-refractivity contribution >= 4 is 21.6 Å². The molecular weight excluding hydrogens is 631 g/mol. The third-order valence-electron chi connectivity index (χ3n) is 8.33. The van der Waals surface area contributed by atoms with E-state index in [2.05, 4.69) is 32.7 Å². The SMILES string of the molecule is CO[IH]C(C)C(OC1CN(C)C(O)C(C)O1)C(C)[C@@H](OC1OCCC(N(C)C)C1O)[C@@H](C)CCN(C)CCCN. The molecule has 11 atom stereocenters. The number of rotatable bonds is 17. The number of ether oxygens (including phenoxy) is 4. The molecule has 4 N–H and O–H groups in total. The average molecular weight is 691 g/mol. The van der Waals surface area contributed by atoms with Gasteiger partial charge >= 0.3 is 254 Å². The standard InChI is InChI=1S/C28H59IN4O7/c1-18(11-15-32(7)14-10-13-30)25(40-28-24(34)22(31(5)6)12-16-37-28)19(2)26(20(3)29-36-9)39-23-17-33(8)27(35)21(4)38-23/h18-29,34-35H,10-17,30H2,1-9H3/t18-,19?,20?,21?,22?,23?,24?,25-,26?,27?,28?/m0/s1. The number of hydrogen-bond donors (Lipinski definition) is 3. The molecule has 2 aliphatic heterocycles. The van der Waals surface area contributed by atoms with E-state index in [1.165, 1.54) is 0 Å². The first-order valence-electron chi connectivity index (χ1n) is 14.8. The van der Waals surface area contributed by atoms with Crippen LogP contribution in [0.25, 0.3) is 0 Å². The fraction of sp³-hybridized carbons (Fsp3) is 1.00. The number of alkyl halides is 1. The fourth-order valence-corrected chi connectivity index (χ4v) is 7.86. The van der Waals surface area contributed by atoms with Crippen LogP contribution in [0.2, 0.25) is 0 Å². The quantitative estimate of drug-likeness (QED) is 0.152. The first-order chi connectivity index (χ1) is 18.9. The van der Waals surface area contributed by atoms with Gasteiger partial charge in [0.15, 0.2) is 0 Å². The van der Waals surface area contributed by atoms with Crippen LogP contribution in [0.1, 0.15) is 47.0 Å². The van der Waals surface area contributed by atoms with Crippen molar-refractivity contribution in [3.8, 4) is 0 Å². The first kappa shape index (κ1) is 36.5. The van der Waals surface area contributed by atoms with Gasteiger partial charge in [-0.05, 0) is 0 Å². The molecule has 11 nitrogen and oxygen atoms in total. The second-order valence-electron chi connectivity index (χ2n) is 11.9. The molecule has 2 heterocycles. The molecule has 2 saturated heterocycles. The molecule has 2 aliphatic rings. The molecule has 9 unspecified atom stereocenters. The van der Waals surface area contributed by atoms with E-state index in [-0.39, 0.29) is 40.1 Å². The minimum atomic E-state index is -0.795. The molecule has 0 saturated carbocycles. The molecule has 0 aromatic rings. The number of nitrogens with zero attached hydrogens (tertiary/aromatic N) is 3. The van der Waals surface area contributed by atoms with Crippen molar-refractivity contribution in [2.24, 2.45) is 17.6 Å². The van der Waals surface area contributed by atoms with E-state index in [9.17, 15) is 10.2 Å². The van der Waals surface area contributed by atoms with Crippen LogP contribution in [-0.4, -0.2) is 146 Å². The van der Waals surface area contributed by atoms with Gasteiger partial charge in [-0.15, -0.1) is 0 Å². The summed E-state index contributed by atoms with van der Waals surface area (Å²) in [6, 6.07) is -0.0297. The van der Waals surface area contributed by atoms with E-state index in [4.69, 9.17) is 27.7 Å². The summed E-state index contributed by atoms with van der Waals surface area (Å²) in [5, 5.41) is 21.5. The Balaban J connectivity index is 2.28. The second kappa shape index (κ2) is 18.2. The molecule has 2 fully saturated rings. The molecule has 0 aromatic carbocycles. The number of nitrogens with two attached hydrogens (primary N) is 1. The van der Waals surface area contributed by atoms with E-state index in [0.29, 0.717) is 19.7 Å². The number of halogens is 1. The van der Waals surface area contributed by atoms with Crippen LogP contribution in [0.3, 0.4) is 0 Å². The van der Waals surface area contributed by atoms with Crippen molar-refractivity contribution < 1.29 is 32.2 Å². The zero-order valence-electron chi connectivity index (χ0n) is 26.3. The Bertz CT molecular complexity index is 687. The van der Waals surface area contributed by atoms with Crippen LogP contribution in [0.4, 0.5) is 0 Å². The van der Waals surface area contributed by atoms with Gasteiger partial charge in [-0.1, -0.05) is 0 Å². The maximum absolute atomic E-state index is 11.2. The zero-order valence-corrected chi connectivity index (χ0v) is 28.6. The normalized spacial score (nSPS) is 32.4. The summed E-state index contributed by atoms with van der Waals surface area (Å²) < 4.78 is 31.4. The maximum atomic E-state index is 11.2. The number of likely N-dealkylation sites (N-methyl/N-ethyl adjacent to an activating group) is 2. The topological polar surface area (TPSA) is 122 Å². The Hall–Kier alpha value is 0.290. The van der Waals surface area contributed by atoms with E-state index in [1.54, 1.807) is 7.11 Å². The minimum absolute atomic E-state index is 0.0297. The predicted molar refractivity (Wildman–Crippen MR) is 167 cm³/mol. The number of aliphatic hydroxyl groups is 2. The Morgan fingerprint density at radius 2 is 1.80 bits per heavy atom. The molecule has 0 bridgehead atoms. The summed E-state index contributed by atoms with van der Waals surface area (Å²) in [6.07, 6.45) is -0.754. The molecule has 240 valence electrons. The molecule has 0 spiro atoms. The Kier molecular flexibility index (Phi) is 16.6. The summed E-state index contributed by atoms with van der Waals surface area (Å²) in [4.78, 5) is 6.22. The summed E-state index contributed by atoms with van der Waals surface area (Å²) in [5.41, 5.74) is 5.72. The molecule has 2 rings (SSSR count).